The summed E-state index contributed by atoms with van der Waals surface area (Å²) >= 11 is 0. The smallest absolute Gasteiger partial charge is 0.115 e. The quantitative estimate of drug-likeness (QED) is 0.566. The molecule has 0 saturated carbocycles. The molecule has 3 aromatic rings. The minimum atomic E-state index is -1.06. The van der Waals surface area contributed by atoms with Crippen LogP contribution in [0.15, 0.2) is 91.0 Å². The summed E-state index contributed by atoms with van der Waals surface area (Å²) in [5, 5.41) is 0. The van der Waals surface area contributed by atoms with Crippen LogP contribution >= 0.6 is 0 Å². The van der Waals surface area contributed by atoms with Crippen molar-refractivity contribution in [2.45, 2.75) is 18.5 Å². The topological polar surface area (TPSA) is 0 Å². The van der Waals surface area contributed by atoms with Gasteiger partial charge in [0.05, 0.1) is 5.41 Å². The van der Waals surface area contributed by atoms with Crippen molar-refractivity contribution in [3.8, 4) is 0 Å². The Labute approximate surface area is 131 Å². The molecule has 1 heteroatoms. The monoisotopic (exact) mass is 290 g/mol. The average Bonchev–Trinajstić information content (AvgIpc) is 2.58. The SMILES string of the molecule is CC(F)C(c1ccccc1)(c1ccccc1)c1ccccc1. The molecule has 0 aliphatic heterocycles. The molecule has 0 heterocycles. The zero-order valence-corrected chi connectivity index (χ0v) is 12.6. The normalized spacial score (nSPS) is 12.8. The second kappa shape index (κ2) is 6.15. The highest BCUT2D eigenvalue weighted by Gasteiger charge is 2.41. The van der Waals surface area contributed by atoms with Crippen molar-refractivity contribution in [3.05, 3.63) is 108 Å². The highest BCUT2D eigenvalue weighted by atomic mass is 19.1. The molecule has 22 heavy (non-hydrogen) atoms. The Balaban J connectivity index is 2.34. The Morgan fingerprint density at radius 3 is 1.09 bits per heavy atom. The maximum Gasteiger partial charge on any atom is 0.115 e. The van der Waals surface area contributed by atoms with Crippen LogP contribution in [0.4, 0.5) is 4.39 Å². The zero-order valence-electron chi connectivity index (χ0n) is 12.6. The van der Waals surface area contributed by atoms with Crippen LogP contribution in [-0.4, -0.2) is 6.17 Å². The predicted octanol–water partition coefficient (Wildman–Crippen LogP) is 5.38. The third-order valence-electron chi connectivity index (χ3n) is 4.28. The van der Waals surface area contributed by atoms with Gasteiger partial charge in [-0.15, -0.1) is 0 Å². The van der Waals surface area contributed by atoms with E-state index in [9.17, 15) is 0 Å². The molecule has 0 bridgehead atoms. The largest absolute Gasteiger partial charge is 0.246 e. The highest BCUT2D eigenvalue weighted by Crippen LogP contribution is 2.43. The Morgan fingerprint density at radius 1 is 0.591 bits per heavy atom. The second-order valence-corrected chi connectivity index (χ2v) is 5.52. The van der Waals surface area contributed by atoms with Gasteiger partial charge < -0.3 is 0 Å². The van der Waals surface area contributed by atoms with Crippen molar-refractivity contribution in [1.82, 2.24) is 0 Å². The maximum atomic E-state index is 15.1. The number of alkyl halides is 1. The first kappa shape index (κ1) is 14.5. The summed E-state index contributed by atoms with van der Waals surface area (Å²) < 4.78 is 15.1. The lowest BCUT2D eigenvalue weighted by molar-refractivity contribution is 0.272. The summed E-state index contributed by atoms with van der Waals surface area (Å²) in [4.78, 5) is 0. The minimum Gasteiger partial charge on any atom is -0.246 e. The molecule has 110 valence electrons. The van der Waals surface area contributed by atoms with E-state index >= 15 is 4.39 Å². The molecule has 0 amide bonds. The van der Waals surface area contributed by atoms with Crippen LogP contribution in [0.1, 0.15) is 23.6 Å². The van der Waals surface area contributed by atoms with Gasteiger partial charge in [-0.05, 0) is 23.6 Å². The summed E-state index contributed by atoms with van der Waals surface area (Å²) in [5.41, 5.74) is 2.14. The predicted molar refractivity (Wildman–Crippen MR) is 89.8 cm³/mol. The minimum absolute atomic E-state index is 0.788. The standard InChI is InChI=1S/C21H19F/c1-17(22)21(18-11-5-2-6-12-18,19-13-7-3-8-14-19)20-15-9-4-10-16-20/h2-17H,1H3. The molecule has 0 nitrogen and oxygen atoms in total. The van der Waals surface area contributed by atoms with Gasteiger partial charge >= 0.3 is 0 Å². The molecular weight excluding hydrogens is 271 g/mol. The van der Waals surface area contributed by atoms with Gasteiger partial charge in [0.2, 0.25) is 0 Å². The number of benzene rings is 3. The number of hydrogen-bond acceptors (Lipinski definition) is 0. The van der Waals surface area contributed by atoms with Crippen LogP contribution in [0, 0.1) is 0 Å². The van der Waals surface area contributed by atoms with Gasteiger partial charge in [-0.3, -0.25) is 0 Å². The number of hydrogen-bond donors (Lipinski definition) is 0. The van der Waals surface area contributed by atoms with Crippen molar-refractivity contribution in [1.29, 1.82) is 0 Å². The van der Waals surface area contributed by atoms with Crippen LogP contribution in [0.2, 0.25) is 0 Å². The number of halogens is 1. The Bertz CT molecular complexity index is 606. The van der Waals surface area contributed by atoms with Gasteiger partial charge in [0.25, 0.3) is 0 Å². The lowest BCUT2D eigenvalue weighted by Crippen LogP contribution is -2.37. The fourth-order valence-corrected chi connectivity index (χ4v) is 3.29. The molecule has 0 saturated heterocycles. The fourth-order valence-electron chi connectivity index (χ4n) is 3.29. The Hall–Kier alpha value is -2.41. The van der Waals surface area contributed by atoms with E-state index < -0.39 is 11.6 Å². The van der Waals surface area contributed by atoms with Gasteiger partial charge in [0.1, 0.15) is 6.17 Å². The molecule has 0 N–H and O–H groups in total. The zero-order chi connectivity index (χ0) is 15.4. The lowest BCUT2D eigenvalue weighted by Gasteiger charge is -2.37. The lowest BCUT2D eigenvalue weighted by atomic mass is 9.67. The van der Waals surface area contributed by atoms with Crippen molar-refractivity contribution >= 4 is 0 Å². The van der Waals surface area contributed by atoms with Gasteiger partial charge in [-0.1, -0.05) is 91.0 Å². The van der Waals surface area contributed by atoms with E-state index in [2.05, 4.69) is 0 Å². The Morgan fingerprint density at radius 2 is 0.864 bits per heavy atom. The van der Waals surface area contributed by atoms with E-state index in [0.717, 1.165) is 16.7 Å². The van der Waals surface area contributed by atoms with Crippen LogP contribution in [-0.2, 0) is 5.41 Å². The van der Waals surface area contributed by atoms with E-state index in [0.29, 0.717) is 0 Å². The van der Waals surface area contributed by atoms with Gasteiger partial charge in [0, 0.05) is 0 Å². The Kier molecular flexibility index (Phi) is 4.06. The average molecular weight is 290 g/mol. The molecule has 0 radical (unpaired) electrons. The van der Waals surface area contributed by atoms with Crippen LogP contribution < -0.4 is 0 Å². The summed E-state index contributed by atoms with van der Waals surface area (Å²) in [5.74, 6) is 0. The van der Waals surface area contributed by atoms with Crippen molar-refractivity contribution in [3.63, 3.8) is 0 Å². The van der Waals surface area contributed by atoms with Crippen molar-refractivity contribution in [2.24, 2.45) is 0 Å². The van der Waals surface area contributed by atoms with Crippen LogP contribution in [0.3, 0.4) is 0 Å². The summed E-state index contributed by atoms with van der Waals surface area (Å²) in [6.45, 7) is 1.65. The molecule has 0 aromatic heterocycles. The first-order chi connectivity index (χ1) is 10.8. The highest BCUT2D eigenvalue weighted by molar-refractivity contribution is 5.51. The van der Waals surface area contributed by atoms with Crippen molar-refractivity contribution < 1.29 is 4.39 Å². The van der Waals surface area contributed by atoms with E-state index in [4.69, 9.17) is 0 Å². The molecule has 1 unspecified atom stereocenters. The summed E-state index contributed by atoms with van der Waals surface area (Å²) in [6, 6.07) is 29.8. The van der Waals surface area contributed by atoms with E-state index in [-0.39, 0.29) is 0 Å². The third kappa shape index (κ3) is 2.33. The fraction of sp³-hybridized carbons (Fsp3) is 0.143. The summed E-state index contributed by atoms with van der Waals surface area (Å²) in [6.07, 6.45) is -1.06. The van der Waals surface area contributed by atoms with E-state index in [1.807, 2.05) is 91.0 Å². The molecule has 0 aliphatic carbocycles. The van der Waals surface area contributed by atoms with Gasteiger partial charge in [0.15, 0.2) is 0 Å². The van der Waals surface area contributed by atoms with Crippen molar-refractivity contribution in [2.75, 3.05) is 0 Å². The number of rotatable bonds is 4. The molecule has 0 spiro atoms. The molecule has 0 fully saturated rings. The molecule has 0 aliphatic rings. The van der Waals surface area contributed by atoms with E-state index in [1.54, 1.807) is 6.92 Å². The summed E-state index contributed by atoms with van der Waals surface area (Å²) in [7, 11) is 0. The van der Waals surface area contributed by atoms with Crippen LogP contribution in [0.5, 0.6) is 0 Å². The maximum absolute atomic E-state index is 15.1. The third-order valence-corrected chi connectivity index (χ3v) is 4.28. The first-order valence-electron chi connectivity index (χ1n) is 7.57. The second-order valence-electron chi connectivity index (χ2n) is 5.52. The van der Waals surface area contributed by atoms with E-state index in [1.165, 1.54) is 0 Å². The first-order valence-corrected chi connectivity index (χ1v) is 7.57. The molecule has 1 atom stereocenters. The molecule has 3 rings (SSSR count). The molecule has 3 aromatic carbocycles. The van der Waals surface area contributed by atoms with Gasteiger partial charge in [-0.2, -0.15) is 0 Å². The van der Waals surface area contributed by atoms with Crippen LogP contribution in [0.25, 0.3) is 0 Å². The molecular formula is C21H19F. The van der Waals surface area contributed by atoms with Gasteiger partial charge in [-0.25, -0.2) is 4.39 Å².